The van der Waals surface area contributed by atoms with Gasteiger partial charge in [0.05, 0.1) is 12.0 Å². The number of esters is 1. The zero-order chi connectivity index (χ0) is 23.3. The molecule has 2 unspecified atom stereocenters. The van der Waals surface area contributed by atoms with Crippen molar-refractivity contribution in [3.05, 3.63) is 64.2 Å². The lowest BCUT2D eigenvalue weighted by molar-refractivity contribution is -0.384. The highest BCUT2D eigenvalue weighted by Gasteiger charge is 2.44. The van der Waals surface area contributed by atoms with Gasteiger partial charge in [-0.15, -0.1) is 0 Å². The van der Waals surface area contributed by atoms with Crippen LogP contribution in [0.15, 0.2) is 48.5 Å². The first-order chi connectivity index (χ1) is 15.3. The SMILES string of the molecule is COc1cc(/C=C/C(=O)OC[C@@H]2OC(Oc3ccc([N+](=O)[O-])cc3)[C@@H](O)C2O)ccc1O. The minimum absolute atomic E-state index is 0.0383. The average molecular weight is 447 g/mol. The molecule has 3 N–H and O–H groups in total. The van der Waals surface area contributed by atoms with Gasteiger partial charge in [-0.3, -0.25) is 10.1 Å². The maximum atomic E-state index is 12.0. The van der Waals surface area contributed by atoms with Gasteiger partial charge in [-0.05, 0) is 35.9 Å². The molecule has 2 aromatic carbocycles. The van der Waals surface area contributed by atoms with Crippen molar-refractivity contribution in [2.75, 3.05) is 13.7 Å². The Kier molecular flexibility index (Phi) is 7.25. The third-order valence-corrected chi connectivity index (χ3v) is 4.62. The van der Waals surface area contributed by atoms with E-state index in [2.05, 4.69) is 0 Å². The highest BCUT2D eigenvalue weighted by Crippen LogP contribution is 2.27. The van der Waals surface area contributed by atoms with Gasteiger partial charge in [-0.1, -0.05) is 6.07 Å². The largest absolute Gasteiger partial charge is 0.504 e. The molecule has 11 heteroatoms. The Labute approximate surface area is 182 Å². The third-order valence-electron chi connectivity index (χ3n) is 4.62. The number of nitrogens with zero attached hydrogens (tertiary/aromatic N) is 1. The van der Waals surface area contributed by atoms with E-state index in [1.54, 1.807) is 6.07 Å². The minimum Gasteiger partial charge on any atom is -0.504 e. The van der Waals surface area contributed by atoms with E-state index in [4.69, 9.17) is 18.9 Å². The summed E-state index contributed by atoms with van der Waals surface area (Å²) in [6.07, 6.45) is -2.50. The molecule has 0 saturated carbocycles. The first-order valence-electron chi connectivity index (χ1n) is 9.43. The molecular formula is C21H21NO10. The molecule has 1 heterocycles. The number of rotatable bonds is 8. The molecule has 170 valence electrons. The minimum atomic E-state index is -1.42. The Morgan fingerprint density at radius 3 is 2.56 bits per heavy atom. The number of hydrogen-bond donors (Lipinski definition) is 3. The summed E-state index contributed by atoms with van der Waals surface area (Å²) < 4.78 is 20.9. The van der Waals surface area contributed by atoms with Crippen LogP contribution in [0.3, 0.4) is 0 Å². The Balaban J connectivity index is 1.52. The first-order valence-corrected chi connectivity index (χ1v) is 9.43. The second-order valence-electron chi connectivity index (χ2n) is 6.79. The zero-order valence-corrected chi connectivity index (χ0v) is 16.9. The monoisotopic (exact) mass is 447 g/mol. The average Bonchev–Trinajstić information content (AvgIpc) is 3.05. The number of hydrogen-bond acceptors (Lipinski definition) is 10. The number of nitro groups is 1. The highest BCUT2D eigenvalue weighted by molar-refractivity contribution is 5.87. The van der Waals surface area contributed by atoms with Gasteiger partial charge >= 0.3 is 5.97 Å². The number of phenols is 1. The summed E-state index contributed by atoms with van der Waals surface area (Å²) in [5.41, 5.74) is 0.453. The zero-order valence-electron chi connectivity index (χ0n) is 16.9. The van der Waals surface area contributed by atoms with Crippen LogP contribution in [0.4, 0.5) is 5.69 Å². The fourth-order valence-electron chi connectivity index (χ4n) is 2.90. The molecule has 3 rings (SSSR count). The molecule has 4 atom stereocenters. The van der Waals surface area contributed by atoms with Gasteiger partial charge in [0.25, 0.3) is 5.69 Å². The molecule has 2 aromatic rings. The maximum absolute atomic E-state index is 12.0. The van der Waals surface area contributed by atoms with E-state index in [-0.39, 0.29) is 29.5 Å². The highest BCUT2D eigenvalue weighted by atomic mass is 16.7. The first kappa shape index (κ1) is 23.0. The van der Waals surface area contributed by atoms with Crippen molar-refractivity contribution in [3.63, 3.8) is 0 Å². The summed E-state index contributed by atoms with van der Waals surface area (Å²) in [6, 6.07) is 9.62. The molecule has 0 amide bonds. The van der Waals surface area contributed by atoms with Crippen molar-refractivity contribution in [1.29, 1.82) is 0 Å². The van der Waals surface area contributed by atoms with E-state index in [9.17, 15) is 30.2 Å². The van der Waals surface area contributed by atoms with E-state index in [0.717, 1.165) is 6.08 Å². The number of non-ortho nitro benzene ring substituents is 1. The number of carbonyl (C=O) groups is 1. The van der Waals surface area contributed by atoms with Crippen LogP contribution in [0.5, 0.6) is 17.2 Å². The Morgan fingerprint density at radius 1 is 1.19 bits per heavy atom. The number of aromatic hydroxyl groups is 1. The van der Waals surface area contributed by atoms with Gasteiger partial charge in [0.15, 0.2) is 11.5 Å². The molecule has 0 spiro atoms. The summed E-state index contributed by atoms with van der Waals surface area (Å²) in [7, 11) is 1.40. The number of aliphatic hydroxyl groups is 2. The number of aliphatic hydroxyl groups excluding tert-OH is 2. The van der Waals surface area contributed by atoms with E-state index >= 15 is 0 Å². The van der Waals surface area contributed by atoms with Gasteiger partial charge in [0, 0.05) is 18.2 Å². The fraction of sp³-hybridized carbons (Fsp3) is 0.286. The number of nitro benzene ring substituents is 1. The van der Waals surface area contributed by atoms with Crippen LogP contribution in [-0.2, 0) is 14.3 Å². The fourth-order valence-corrected chi connectivity index (χ4v) is 2.90. The van der Waals surface area contributed by atoms with Crippen LogP contribution in [0.1, 0.15) is 5.56 Å². The summed E-state index contributed by atoms with van der Waals surface area (Å²) in [4.78, 5) is 22.1. The smallest absolute Gasteiger partial charge is 0.330 e. The molecule has 0 aliphatic carbocycles. The van der Waals surface area contributed by atoms with Crippen LogP contribution in [0.2, 0.25) is 0 Å². The predicted molar refractivity (Wildman–Crippen MR) is 109 cm³/mol. The summed E-state index contributed by atoms with van der Waals surface area (Å²) in [5, 5.41) is 40.5. The molecule has 0 bridgehead atoms. The molecule has 32 heavy (non-hydrogen) atoms. The molecule has 0 aromatic heterocycles. The number of carbonyl (C=O) groups excluding carboxylic acids is 1. The Morgan fingerprint density at radius 2 is 1.91 bits per heavy atom. The third kappa shape index (κ3) is 5.52. The van der Waals surface area contributed by atoms with Crippen molar-refractivity contribution in [3.8, 4) is 17.2 Å². The molecule has 11 nitrogen and oxygen atoms in total. The topological polar surface area (TPSA) is 158 Å². The lowest BCUT2D eigenvalue weighted by Crippen LogP contribution is -2.36. The van der Waals surface area contributed by atoms with Gasteiger partial charge in [0.2, 0.25) is 6.29 Å². The standard InChI is InChI=1S/C21H21NO10/c1-29-16-10-12(2-8-15(16)23)3-9-18(24)30-11-17-19(25)20(26)21(32-17)31-14-6-4-13(5-7-14)22(27)28/h2-10,17,19-21,23,25-26H,11H2,1H3/b9-3+/t17-,19?,20-,21?/m0/s1. The second kappa shape index (κ2) is 10.1. The molecule has 0 radical (unpaired) electrons. The lowest BCUT2D eigenvalue weighted by atomic mass is 10.1. The molecule has 1 fully saturated rings. The summed E-state index contributed by atoms with van der Waals surface area (Å²) in [5.74, 6) is -0.321. The van der Waals surface area contributed by atoms with Crippen LogP contribution < -0.4 is 9.47 Å². The van der Waals surface area contributed by atoms with Crippen molar-refractivity contribution in [2.24, 2.45) is 0 Å². The second-order valence-corrected chi connectivity index (χ2v) is 6.79. The van der Waals surface area contributed by atoms with Crippen LogP contribution in [0, 0.1) is 10.1 Å². The summed E-state index contributed by atoms with van der Waals surface area (Å²) in [6.45, 7) is -0.347. The van der Waals surface area contributed by atoms with Crippen molar-refractivity contribution < 1.29 is 44.0 Å². The number of phenolic OH excluding ortho intramolecular Hbond substituents is 1. The van der Waals surface area contributed by atoms with E-state index < -0.39 is 35.5 Å². The van der Waals surface area contributed by atoms with Gasteiger partial charge < -0.3 is 34.3 Å². The number of ether oxygens (including phenoxy) is 4. The predicted octanol–water partition coefficient (Wildman–Crippen LogP) is 1.39. The van der Waals surface area contributed by atoms with Crippen LogP contribution >= 0.6 is 0 Å². The number of benzene rings is 2. The van der Waals surface area contributed by atoms with E-state index in [1.165, 1.54) is 49.6 Å². The molecule has 1 saturated heterocycles. The Bertz CT molecular complexity index is 991. The van der Waals surface area contributed by atoms with Gasteiger partial charge in [-0.2, -0.15) is 0 Å². The lowest BCUT2D eigenvalue weighted by Gasteiger charge is -2.16. The maximum Gasteiger partial charge on any atom is 0.330 e. The van der Waals surface area contributed by atoms with E-state index in [0.29, 0.717) is 5.56 Å². The summed E-state index contributed by atoms with van der Waals surface area (Å²) >= 11 is 0. The van der Waals surface area contributed by atoms with E-state index in [1.807, 2.05) is 0 Å². The quantitative estimate of drug-likeness (QED) is 0.234. The normalized spacial score (nSPS) is 22.6. The van der Waals surface area contributed by atoms with Crippen molar-refractivity contribution >= 4 is 17.7 Å². The Hall–Kier alpha value is -3.67. The van der Waals surface area contributed by atoms with Crippen molar-refractivity contribution in [2.45, 2.75) is 24.6 Å². The van der Waals surface area contributed by atoms with Gasteiger partial charge in [0.1, 0.15) is 30.7 Å². The van der Waals surface area contributed by atoms with Crippen LogP contribution in [0.25, 0.3) is 6.08 Å². The van der Waals surface area contributed by atoms with Crippen molar-refractivity contribution in [1.82, 2.24) is 0 Å². The molecule has 1 aliphatic rings. The molecule has 1 aliphatic heterocycles. The molecular weight excluding hydrogens is 426 g/mol. The van der Waals surface area contributed by atoms with Gasteiger partial charge in [-0.25, -0.2) is 4.79 Å². The number of methoxy groups -OCH3 is 1. The van der Waals surface area contributed by atoms with Crippen LogP contribution in [-0.4, -0.2) is 64.5 Å².